The number of carbonyl (C=O) groups excluding carboxylic acids is 1. The molecule has 0 aromatic rings. The SMILES string of the molecule is CC(=O)/C=C/CC1OCCO1. The van der Waals surface area contributed by atoms with Gasteiger partial charge in [-0.15, -0.1) is 0 Å². The second kappa shape index (κ2) is 4.26. The zero-order valence-electron chi connectivity index (χ0n) is 6.58. The first-order valence-electron chi connectivity index (χ1n) is 3.69. The summed E-state index contributed by atoms with van der Waals surface area (Å²) < 4.78 is 10.3. The van der Waals surface area contributed by atoms with Gasteiger partial charge in [-0.3, -0.25) is 4.79 Å². The Morgan fingerprint density at radius 3 is 2.73 bits per heavy atom. The van der Waals surface area contributed by atoms with E-state index < -0.39 is 0 Å². The van der Waals surface area contributed by atoms with E-state index in [1.807, 2.05) is 0 Å². The number of hydrogen-bond acceptors (Lipinski definition) is 3. The molecular formula is C8H12O3. The van der Waals surface area contributed by atoms with E-state index in [1.54, 1.807) is 6.08 Å². The van der Waals surface area contributed by atoms with Crippen molar-refractivity contribution in [1.82, 2.24) is 0 Å². The monoisotopic (exact) mass is 156 g/mol. The number of ether oxygens (including phenoxy) is 2. The zero-order chi connectivity index (χ0) is 8.10. The largest absolute Gasteiger partial charge is 0.350 e. The highest BCUT2D eigenvalue weighted by atomic mass is 16.7. The molecule has 3 heteroatoms. The standard InChI is InChI=1S/C8H12O3/c1-7(9)3-2-4-8-10-5-6-11-8/h2-3,8H,4-6H2,1H3/b3-2+. The van der Waals surface area contributed by atoms with E-state index in [2.05, 4.69) is 0 Å². The summed E-state index contributed by atoms with van der Waals surface area (Å²) in [4.78, 5) is 10.4. The maximum atomic E-state index is 10.4. The molecule has 1 heterocycles. The molecule has 0 saturated carbocycles. The van der Waals surface area contributed by atoms with Crippen molar-refractivity contribution < 1.29 is 14.3 Å². The highest BCUT2D eigenvalue weighted by molar-refractivity contribution is 5.87. The minimum atomic E-state index is -0.134. The van der Waals surface area contributed by atoms with Gasteiger partial charge < -0.3 is 9.47 Å². The Kier molecular flexibility index (Phi) is 3.26. The van der Waals surface area contributed by atoms with Gasteiger partial charge in [-0.25, -0.2) is 0 Å². The van der Waals surface area contributed by atoms with Crippen LogP contribution in [0, 0.1) is 0 Å². The molecule has 3 nitrogen and oxygen atoms in total. The van der Waals surface area contributed by atoms with Crippen molar-refractivity contribution in [2.45, 2.75) is 19.6 Å². The van der Waals surface area contributed by atoms with Crippen molar-refractivity contribution >= 4 is 5.78 Å². The molecule has 0 atom stereocenters. The molecule has 0 aromatic carbocycles. The smallest absolute Gasteiger partial charge is 0.161 e. The molecule has 0 N–H and O–H groups in total. The van der Waals surface area contributed by atoms with E-state index in [9.17, 15) is 4.79 Å². The van der Waals surface area contributed by atoms with Crippen LogP contribution < -0.4 is 0 Å². The van der Waals surface area contributed by atoms with Crippen LogP contribution in [0.4, 0.5) is 0 Å². The van der Waals surface area contributed by atoms with Gasteiger partial charge in [0, 0.05) is 6.42 Å². The summed E-state index contributed by atoms with van der Waals surface area (Å²) in [6.45, 7) is 2.85. The molecular weight excluding hydrogens is 144 g/mol. The van der Waals surface area contributed by atoms with E-state index in [0.29, 0.717) is 19.6 Å². The average Bonchev–Trinajstić information content (AvgIpc) is 2.39. The Bertz CT molecular complexity index is 157. The van der Waals surface area contributed by atoms with Crippen LogP contribution in [0.1, 0.15) is 13.3 Å². The second-order valence-electron chi connectivity index (χ2n) is 2.42. The van der Waals surface area contributed by atoms with Crippen LogP contribution in [0.5, 0.6) is 0 Å². The number of ketones is 1. The summed E-state index contributed by atoms with van der Waals surface area (Å²) in [6.07, 6.45) is 3.84. The molecule has 0 radical (unpaired) electrons. The van der Waals surface area contributed by atoms with E-state index in [4.69, 9.17) is 9.47 Å². The molecule has 0 spiro atoms. The molecule has 1 fully saturated rings. The minimum absolute atomic E-state index is 0.0583. The summed E-state index contributed by atoms with van der Waals surface area (Å²) in [5.74, 6) is 0.0583. The molecule has 62 valence electrons. The van der Waals surface area contributed by atoms with Gasteiger partial charge in [-0.2, -0.15) is 0 Å². The molecule has 0 aliphatic carbocycles. The lowest BCUT2D eigenvalue weighted by Crippen LogP contribution is -2.05. The van der Waals surface area contributed by atoms with Crippen LogP contribution in [-0.4, -0.2) is 25.3 Å². The molecule has 1 saturated heterocycles. The van der Waals surface area contributed by atoms with Gasteiger partial charge in [0.1, 0.15) is 0 Å². The normalized spacial score (nSPS) is 19.7. The number of allylic oxidation sites excluding steroid dienone is 1. The Morgan fingerprint density at radius 2 is 2.18 bits per heavy atom. The molecule has 0 aromatic heterocycles. The highest BCUT2D eigenvalue weighted by Gasteiger charge is 2.13. The topological polar surface area (TPSA) is 35.5 Å². The molecule has 1 aliphatic rings. The van der Waals surface area contributed by atoms with Crippen LogP contribution in [0.3, 0.4) is 0 Å². The first-order valence-corrected chi connectivity index (χ1v) is 3.69. The fourth-order valence-electron chi connectivity index (χ4n) is 0.888. The summed E-state index contributed by atoms with van der Waals surface area (Å²) in [5.41, 5.74) is 0. The van der Waals surface area contributed by atoms with E-state index in [1.165, 1.54) is 13.0 Å². The summed E-state index contributed by atoms with van der Waals surface area (Å²) in [7, 11) is 0. The molecule has 1 rings (SSSR count). The summed E-state index contributed by atoms with van der Waals surface area (Å²) in [6, 6.07) is 0. The second-order valence-corrected chi connectivity index (χ2v) is 2.42. The third-order valence-corrected chi connectivity index (χ3v) is 1.37. The van der Waals surface area contributed by atoms with Gasteiger partial charge in [0.2, 0.25) is 0 Å². The Balaban J connectivity index is 2.15. The van der Waals surface area contributed by atoms with Gasteiger partial charge in [0.25, 0.3) is 0 Å². The number of hydrogen-bond donors (Lipinski definition) is 0. The van der Waals surface area contributed by atoms with Crippen molar-refractivity contribution in [3.05, 3.63) is 12.2 Å². The third kappa shape index (κ3) is 3.30. The Hall–Kier alpha value is -0.670. The van der Waals surface area contributed by atoms with Crippen LogP contribution in [0.25, 0.3) is 0 Å². The summed E-state index contributed by atoms with van der Waals surface area (Å²) >= 11 is 0. The van der Waals surface area contributed by atoms with E-state index >= 15 is 0 Å². The Labute approximate surface area is 66.0 Å². The maximum Gasteiger partial charge on any atom is 0.161 e. The van der Waals surface area contributed by atoms with Crippen molar-refractivity contribution in [3.63, 3.8) is 0 Å². The van der Waals surface area contributed by atoms with Crippen LogP contribution >= 0.6 is 0 Å². The minimum Gasteiger partial charge on any atom is -0.350 e. The third-order valence-electron chi connectivity index (χ3n) is 1.37. The van der Waals surface area contributed by atoms with Gasteiger partial charge >= 0.3 is 0 Å². The first kappa shape index (κ1) is 8.43. The predicted octanol–water partition coefficient (Wildman–Crippen LogP) is 0.895. The van der Waals surface area contributed by atoms with Crippen LogP contribution in [0.2, 0.25) is 0 Å². The van der Waals surface area contributed by atoms with Crippen molar-refractivity contribution in [2.75, 3.05) is 13.2 Å². The van der Waals surface area contributed by atoms with Crippen molar-refractivity contribution in [2.24, 2.45) is 0 Å². The molecule has 0 unspecified atom stereocenters. The van der Waals surface area contributed by atoms with Gasteiger partial charge in [-0.05, 0) is 13.0 Å². The lowest BCUT2D eigenvalue weighted by Gasteiger charge is -2.03. The Morgan fingerprint density at radius 1 is 1.55 bits per heavy atom. The van der Waals surface area contributed by atoms with Crippen LogP contribution in [0.15, 0.2) is 12.2 Å². The first-order chi connectivity index (χ1) is 5.29. The highest BCUT2D eigenvalue weighted by Crippen LogP contribution is 2.07. The van der Waals surface area contributed by atoms with Gasteiger partial charge in [0.15, 0.2) is 12.1 Å². The molecule has 0 amide bonds. The average molecular weight is 156 g/mol. The van der Waals surface area contributed by atoms with Gasteiger partial charge in [-0.1, -0.05) is 6.08 Å². The van der Waals surface area contributed by atoms with Crippen molar-refractivity contribution in [1.29, 1.82) is 0 Å². The maximum absolute atomic E-state index is 10.4. The number of carbonyl (C=O) groups is 1. The fourth-order valence-corrected chi connectivity index (χ4v) is 0.888. The lowest BCUT2D eigenvalue weighted by molar-refractivity contribution is -0.112. The predicted molar refractivity (Wildman–Crippen MR) is 40.1 cm³/mol. The molecule has 1 aliphatic heterocycles. The summed E-state index contributed by atoms with van der Waals surface area (Å²) in [5, 5.41) is 0. The van der Waals surface area contributed by atoms with E-state index in [0.717, 1.165) is 0 Å². The lowest BCUT2D eigenvalue weighted by atomic mass is 10.3. The fraction of sp³-hybridized carbons (Fsp3) is 0.625. The van der Waals surface area contributed by atoms with Crippen LogP contribution in [-0.2, 0) is 14.3 Å². The van der Waals surface area contributed by atoms with Gasteiger partial charge in [0.05, 0.1) is 13.2 Å². The molecule has 0 bridgehead atoms. The molecule has 11 heavy (non-hydrogen) atoms. The quantitative estimate of drug-likeness (QED) is 0.569. The number of rotatable bonds is 3. The van der Waals surface area contributed by atoms with E-state index in [-0.39, 0.29) is 12.1 Å². The van der Waals surface area contributed by atoms with Crippen molar-refractivity contribution in [3.8, 4) is 0 Å². The zero-order valence-corrected chi connectivity index (χ0v) is 6.58.